The van der Waals surface area contributed by atoms with Crippen molar-refractivity contribution in [1.29, 1.82) is 0 Å². The Balaban J connectivity index is 1.84. The van der Waals surface area contributed by atoms with Crippen LogP contribution < -0.4 is 10.2 Å². The van der Waals surface area contributed by atoms with Crippen LogP contribution in [0.2, 0.25) is 5.02 Å². The van der Waals surface area contributed by atoms with Crippen molar-refractivity contribution in [2.45, 2.75) is 13.5 Å². The van der Waals surface area contributed by atoms with Gasteiger partial charge in [0.15, 0.2) is 5.78 Å². The predicted octanol–water partition coefficient (Wildman–Crippen LogP) is 2.55. The molecule has 0 fully saturated rings. The van der Waals surface area contributed by atoms with Gasteiger partial charge in [0.05, 0.1) is 11.6 Å². The second-order valence-electron chi connectivity index (χ2n) is 4.82. The molecule has 1 N–H and O–H groups in total. The summed E-state index contributed by atoms with van der Waals surface area (Å²) in [6.07, 6.45) is 0. The number of carbonyl (C=O) groups is 1. The summed E-state index contributed by atoms with van der Waals surface area (Å²) in [6.45, 7) is 1.82. The first-order chi connectivity index (χ1) is 10.0. The monoisotopic (exact) mass is 302 g/mol. The number of ketones is 1. The molecule has 0 aromatic heterocycles. The van der Waals surface area contributed by atoms with E-state index in [9.17, 15) is 9.82 Å². The highest BCUT2D eigenvalue weighted by atomic mass is 35.5. The van der Waals surface area contributed by atoms with Crippen molar-refractivity contribution in [1.82, 2.24) is 0 Å². The van der Waals surface area contributed by atoms with E-state index in [1.54, 1.807) is 30.3 Å². The fourth-order valence-electron chi connectivity index (χ4n) is 2.25. The van der Waals surface area contributed by atoms with E-state index in [1.807, 2.05) is 6.07 Å². The Morgan fingerprint density at radius 3 is 2.71 bits per heavy atom. The number of hydrogen-bond donors (Lipinski definition) is 1. The van der Waals surface area contributed by atoms with Gasteiger partial charge in [-0.25, -0.2) is 0 Å². The normalized spacial score (nSPS) is 13.2. The standard InChI is InChI=1S/C15H12BClO4/c1-9(18)13-4-2-12(7-15(13)17)21-11-3-5-14-10(6-11)8-20-16(14)19/h2-7,19H,8H2,1H3. The molecule has 0 amide bonds. The fraction of sp³-hybridized carbons (Fsp3) is 0.133. The van der Waals surface area contributed by atoms with Gasteiger partial charge in [0.1, 0.15) is 11.5 Å². The molecule has 1 heterocycles. The molecular weight excluding hydrogens is 290 g/mol. The van der Waals surface area contributed by atoms with E-state index < -0.39 is 7.12 Å². The van der Waals surface area contributed by atoms with Gasteiger partial charge in [0, 0.05) is 11.6 Å². The van der Waals surface area contributed by atoms with Gasteiger partial charge >= 0.3 is 7.12 Å². The molecular formula is C15H12BClO4. The molecule has 0 aliphatic carbocycles. The molecule has 21 heavy (non-hydrogen) atoms. The minimum Gasteiger partial charge on any atom is -0.457 e. The van der Waals surface area contributed by atoms with Crippen LogP contribution in [-0.4, -0.2) is 17.9 Å². The first kappa shape index (κ1) is 14.1. The van der Waals surface area contributed by atoms with Gasteiger partial charge in [-0.2, -0.15) is 0 Å². The Kier molecular flexibility index (Phi) is 3.72. The lowest BCUT2D eigenvalue weighted by Gasteiger charge is -2.09. The highest BCUT2D eigenvalue weighted by Gasteiger charge is 2.27. The molecule has 106 valence electrons. The Hall–Kier alpha value is -1.82. The van der Waals surface area contributed by atoms with Crippen molar-refractivity contribution in [2.75, 3.05) is 0 Å². The highest BCUT2D eigenvalue weighted by molar-refractivity contribution is 6.61. The van der Waals surface area contributed by atoms with Crippen LogP contribution in [0, 0.1) is 0 Å². The molecule has 6 heteroatoms. The number of rotatable bonds is 3. The highest BCUT2D eigenvalue weighted by Crippen LogP contribution is 2.28. The first-order valence-electron chi connectivity index (χ1n) is 6.45. The van der Waals surface area contributed by atoms with Gasteiger partial charge in [0.2, 0.25) is 0 Å². The smallest absolute Gasteiger partial charge is 0.457 e. The summed E-state index contributed by atoms with van der Waals surface area (Å²) in [5.41, 5.74) is 2.12. The van der Waals surface area contributed by atoms with Gasteiger partial charge in [0.25, 0.3) is 0 Å². The van der Waals surface area contributed by atoms with Crippen LogP contribution in [0.3, 0.4) is 0 Å². The Morgan fingerprint density at radius 1 is 1.29 bits per heavy atom. The van der Waals surface area contributed by atoms with Gasteiger partial charge in [-0.15, -0.1) is 0 Å². The number of fused-ring (bicyclic) bond motifs is 1. The largest absolute Gasteiger partial charge is 0.491 e. The number of benzene rings is 2. The average Bonchev–Trinajstić information content (AvgIpc) is 2.80. The molecule has 2 aromatic carbocycles. The van der Waals surface area contributed by atoms with E-state index in [2.05, 4.69) is 0 Å². The van der Waals surface area contributed by atoms with Crippen molar-refractivity contribution in [2.24, 2.45) is 0 Å². The first-order valence-corrected chi connectivity index (χ1v) is 6.83. The van der Waals surface area contributed by atoms with Gasteiger partial charge < -0.3 is 14.4 Å². The second kappa shape index (κ2) is 5.52. The van der Waals surface area contributed by atoms with Gasteiger partial charge in [-0.1, -0.05) is 17.7 Å². The Bertz CT molecular complexity index is 717. The zero-order valence-corrected chi connectivity index (χ0v) is 12.1. The quantitative estimate of drug-likeness (QED) is 0.699. The van der Waals surface area contributed by atoms with Crippen molar-refractivity contribution in [3.8, 4) is 11.5 Å². The second-order valence-corrected chi connectivity index (χ2v) is 5.23. The Labute approximate surface area is 127 Å². The van der Waals surface area contributed by atoms with Crippen LogP contribution in [0.5, 0.6) is 11.5 Å². The average molecular weight is 303 g/mol. The van der Waals surface area contributed by atoms with Crippen LogP contribution in [0.4, 0.5) is 0 Å². The third-order valence-corrected chi connectivity index (χ3v) is 3.65. The SMILES string of the molecule is CC(=O)c1ccc(Oc2ccc3c(c2)COB3O)cc1Cl. The Morgan fingerprint density at radius 2 is 2.00 bits per heavy atom. The van der Waals surface area contributed by atoms with E-state index in [0.29, 0.717) is 28.7 Å². The number of hydrogen-bond acceptors (Lipinski definition) is 4. The molecule has 0 atom stereocenters. The number of Topliss-reactive ketones (excluding diaryl/α,β-unsaturated/α-hetero) is 1. The van der Waals surface area contributed by atoms with Crippen LogP contribution in [0.1, 0.15) is 22.8 Å². The summed E-state index contributed by atoms with van der Waals surface area (Å²) >= 11 is 6.05. The summed E-state index contributed by atoms with van der Waals surface area (Å²) in [7, 11) is -0.863. The van der Waals surface area contributed by atoms with E-state index in [0.717, 1.165) is 11.0 Å². The van der Waals surface area contributed by atoms with Crippen LogP contribution in [-0.2, 0) is 11.3 Å². The number of halogens is 1. The topological polar surface area (TPSA) is 55.8 Å². The van der Waals surface area contributed by atoms with E-state index in [-0.39, 0.29) is 5.78 Å². The molecule has 0 unspecified atom stereocenters. The van der Waals surface area contributed by atoms with Crippen molar-refractivity contribution in [3.63, 3.8) is 0 Å². The van der Waals surface area contributed by atoms with E-state index >= 15 is 0 Å². The number of ether oxygens (including phenoxy) is 1. The summed E-state index contributed by atoms with van der Waals surface area (Å²) in [4.78, 5) is 11.3. The van der Waals surface area contributed by atoms with Crippen molar-refractivity contribution >= 4 is 30.0 Å². The van der Waals surface area contributed by atoms with Crippen molar-refractivity contribution in [3.05, 3.63) is 52.5 Å². The third kappa shape index (κ3) is 2.81. The zero-order chi connectivity index (χ0) is 15.0. The summed E-state index contributed by atoms with van der Waals surface area (Å²) < 4.78 is 10.9. The van der Waals surface area contributed by atoms with Crippen molar-refractivity contribution < 1.29 is 19.2 Å². The summed E-state index contributed by atoms with van der Waals surface area (Å²) in [5.74, 6) is 1.08. The third-order valence-electron chi connectivity index (χ3n) is 3.33. The molecule has 0 radical (unpaired) electrons. The zero-order valence-electron chi connectivity index (χ0n) is 11.3. The molecule has 3 rings (SSSR count). The van der Waals surface area contributed by atoms with Gasteiger partial charge in [-0.05, 0) is 42.2 Å². The van der Waals surface area contributed by atoms with E-state index in [4.69, 9.17) is 21.0 Å². The number of carbonyl (C=O) groups excluding carboxylic acids is 1. The van der Waals surface area contributed by atoms with Crippen LogP contribution in [0.15, 0.2) is 36.4 Å². The molecule has 0 spiro atoms. The molecule has 2 aromatic rings. The molecule has 0 bridgehead atoms. The lowest BCUT2D eigenvalue weighted by atomic mass is 9.80. The summed E-state index contributed by atoms with van der Waals surface area (Å²) in [6, 6.07) is 10.3. The molecule has 1 aliphatic heterocycles. The maximum Gasteiger partial charge on any atom is 0.491 e. The maximum absolute atomic E-state index is 11.3. The van der Waals surface area contributed by atoms with Gasteiger partial charge in [-0.3, -0.25) is 4.79 Å². The minimum absolute atomic E-state index is 0.0878. The molecule has 0 saturated carbocycles. The van der Waals surface area contributed by atoms with Crippen LogP contribution >= 0.6 is 11.6 Å². The predicted molar refractivity (Wildman–Crippen MR) is 80.4 cm³/mol. The van der Waals surface area contributed by atoms with E-state index in [1.165, 1.54) is 6.92 Å². The summed E-state index contributed by atoms with van der Waals surface area (Å²) in [5, 5.41) is 9.93. The minimum atomic E-state index is -0.863. The maximum atomic E-state index is 11.3. The van der Waals surface area contributed by atoms with Crippen LogP contribution in [0.25, 0.3) is 0 Å². The molecule has 1 aliphatic rings. The molecule has 4 nitrogen and oxygen atoms in total. The fourth-order valence-corrected chi connectivity index (χ4v) is 2.55. The lowest BCUT2D eigenvalue weighted by molar-refractivity contribution is 0.101. The molecule has 0 saturated heterocycles. The lowest BCUT2D eigenvalue weighted by Crippen LogP contribution is -2.27.